The first-order valence-corrected chi connectivity index (χ1v) is 3.84. The van der Waals surface area contributed by atoms with Crippen molar-refractivity contribution in [2.45, 2.75) is 0 Å². The van der Waals surface area contributed by atoms with Gasteiger partial charge in [-0.05, 0) is 6.07 Å². The highest BCUT2D eigenvalue weighted by molar-refractivity contribution is 5.72. The van der Waals surface area contributed by atoms with Gasteiger partial charge in [-0.3, -0.25) is 4.40 Å². The van der Waals surface area contributed by atoms with Crippen LogP contribution in [0.3, 0.4) is 0 Å². The molecule has 62 valence electrons. The van der Waals surface area contributed by atoms with E-state index < -0.39 is 0 Å². The Morgan fingerprint density at radius 3 is 3.15 bits per heavy atom. The molecule has 3 rings (SSSR count). The number of aromatic nitrogens is 5. The van der Waals surface area contributed by atoms with E-state index in [9.17, 15) is 0 Å². The zero-order valence-corrected chi connectivity index (χ0v) is 6.62. The molecule has 2 aliphatic heterocycles. The maximum atomic E-state index is 4.15. The van der Waals surface area contributed by atoms with Crippen molar-refractivity contribution in [3.05, 3.63) is 31.0 Å². The first kappa shape index (κ1) is 6.47. The van der Waals surface area contributed by atoms with Crippen LogP contribution >= 0.6 is 0 Å². The molecule has 0 bridgehead atoms. The molecule has 0 saturated heterocycles. The van der Waals surface area contributed by atoms with Gasteiger partial charge in [0.05, 0.1) is 11.8 Å². The molecule has 5 nitrogen and oxygen atoms in total. The van der Waals surface area contributed by atoms with Gasteiger partial charge in [0.15, 0.2) is 11.5 Å². The average molecular weight is 171 g/mol. The summed E-state index contributed by atoms with van der Waals surface area (Å²) < 4.78 is 1.82. The number of hydrogen-bond donors (Lipinski definition) is 0. The molecule has 0 saturated carbocycles. The van der Waals surface area contributed by atoms with E-state index in [2.05, 4.69) is 20.2 Å². The molecule has 0 radical (unpaired) electrons. The zero-order chi connectivity index (χ0) is 8.67. The van der Waals surface area contributed by atoms with Crippen LogP contribution in [0.4, 0.5) is 0 Å². The fourth-order valence-electron chi connectivity index (χ4n) is 1.32. The smallest absolute Gasteiger partial charge is 0.171 e. The molecule has 1 aromatic rings. The van der Waals surface area contributed by atoms with E-state index >= 15 is 0 Å². The average Bonchev–Trinajstić information content (AvgIpc) is 2.65. The monoisotopic (exact) mass is 171 g/mol. The summed E-state index contributed by atoms with van der Waals surface area (Å²) in [5.74, 6) is 0.709. The van der Waals surface area contributed by atoms with Crippen molar-refractivity contribution in [1.82, 2.24) is 24.6 Å². The minimum atomic E-state index is 0.709. The van der Waals surface area contributed by atoms with Crippen LogP contribution in [0.15, 0.2) is 31.0 Å². The zero-order valence-electron chi connectivity index (χ0n) is 6.62. The van der Waals surface area contributed by atoms with Crippen LogP contribution in [-0.2, 0) is 0 Å². The van der Waals surface area contributed by atoms with Gasteiger partial charge < -0.3 is 0 Å². The second-order valence-electron chi connectivity index (χ2n) is 2.67. The Kier molecular flexibility index (Phi) is 1.11. The predicted octanol–water partition coefficient (Wildman–Crippen LogP) is 0.624. The second kappa shape index (κ2) is 2.22. The molecular weight excluding hydrogens is 166 g/mol. The molecule has 3 heterocycles. The van der Waals surface area contributed by atoms with Gasteiger partial charge in [0, 0.05) is 12.4 Å². The number of fused-ring (bicyclic) bond motifs is 3. The number of nitrogens with zero attached hydrogens (tertiary/aromatic N) is 5. The van der Waals surface area contributed by atoms with Crippen molar-refractivity contribution in [1.29, 1.82) is 0 Å². The molecule has 0 spiro atoms. The lowest BCUT2D eigenvalue weighted by molar-refractivity contribution is 0.941. The summed E-state index contributed by atoms with van der Waals surface area (Å²) in [6, 6.07) is 1.88. The van der Waals surface area contributed by atoms with Crippen LogP contribution in [0, 0.1) is 0 Å². The summed E-state index contributed by atoms with van der Waals surface area (Å²) >= 11 is 0. The van der Waals surface area contributed by atoms with E-state index in [-0.39, 0.29) is 0 Å². The van der Waals surface area contributed by atoms with Gasteiger partial charge in [0.25, 0.3) is 0 Å². The molecule has 0 fully saturated rings. The first-order valence-electron chi connectivity index (χ1n) is 3.84. The van der Waals surface area contributed by atoms with Crippen molar-refractivity contribution in [2.75, 3.05) is 0 Å². The van der Waals surface area contributed by atoms with Crippen molar-refractivity contribution >= 4 is 5.65 Å². The van der Waals surface area contributed by atoms with E-state index in [0.29, 0.717) is 5.82 Å². The van der Waals surface area contributed by atoms with Crippen LogP contribution < -0.4 is 0 Å². The maximum Gasteiger partial charge on any atom is 0.171 e. The Hall–Kier alpha value is -2.04. The SMILES string of the molecule is c1cn2cnc3nccc-3c2nn1. The Morgan fingerprint density at radius 2 is 2.15 bits per heavy atom. The van der Waals surface area contributed by atoms with Gasteiger partial charge in [-0.2, -0.15) is 5.10 Å². The molecule has 0 aliphatic carbocycles. The molecule has 0 aromatic carbocycles. The summed E-state index contributed by atoms with van der Waals surface area (Å²) in [4.78, 5) is 8.23. The summed E-state index contributed by atoms with van der Waals surface area (Å²) in [5, 5.41) is 7.83. The summed E-state index contributed by atoms with van der Waals surface area (Å²) in [6.45, 7) is 0. The van der Waals surface area contributed by atoms with Gasteiger partial charge in [0.2, 0.25) is 0 Å². The largest absolute Gasteiger partial charge is 0.288 e. The van der Waals surface area contributed by atoms with E-state index in [4.69, 9.17) is 0 Å². The van der Waals surface area contributed by atoms with Crippen molar-refractivity contribution < 1.29 is 0 Å². The molecule has 0 atom stereocenters. The standard InChI is InChI=1S/C8H5N5/c1-2-9-7-6(1)8-12-11-3-4-13(8)5-10-7/h1-5H. The second-order valence-corrected chi connectivity index (χ2v) is 2.67. The highest BCUT2D eigenvalue weighted by atomic mass is 15.2. The summed E-state index contributed by atoms with van der Waals surface area (Å²) in [6.07, 6.45) is 6.82. The maximum absolute atomic E-state index is 4.15. The summed E-state index contributed by atoms with van der Waals surface area (Å²) in [5.41, 5.74) is 1.71. The summed E-state index contributed by atoms with van der Waals surface area (Å²) in [7, 11) is 0. The Balaban J connectivity index is 2.57. The molecule has 1 aromatic heterocycles. The van der Waals surface area contributed by atoms with E-state index in [1.165, 1.54) is 0 Å². The van der Waals surface area contributed by atoms with Gasteiger partial charge in [0.1, 0.15) is 6.33 Å². The number of hydrogen-bond acceptors (Lipinski definition) is 4. The molecule has 0 N–H and O–H groups in total. The van der Waals surface area contributed by atoms with Gasteiger partial charge in [-0.15, -0.1) is 5.10 Å². The van der Waals surface area contributed by atoms with Crippen molar-refractivity contribution in [3.63, 3.8) is 0 Å². The van der Waals surface area contributed by atoms with Crippen molar-refractivity contribution in [2.24, 2.45) is 0 Å². The van der Waals surface area contributed by atoms with Crippen LogP contribution in [0.2, 0.25) is 0 Å². The lowest BCUT2D eigenvalue weighted by Crippen LogP contribution is -1.98. The van der Waals surface area contributed by atoms with Crippen LogP contribution in [0.25, 0.3) is 17.0 Å². The van der Waals surface area contributed by atoms with E-state index in [1.807, 2.05) is 16.7 Å². The van der Waals surface area contributed by atoms with Gasteiger partial charge in [-0.25, -0.2) is 9.97 Å². The van der Waals surface area contributed by atoms with Gasteiger partial charge >= 0.3 is 0 Å². The third-order valence-electron chi connectivity index (χ3n) is 1.92. The van der Waals surface area contributed by atoms with Crippen molar-refractivity contribution in [3.8, 4) is 11.4 Å². The lowest BCUT2D eigenvalue weighted by atomic mass is 10.3. The minimum absolute atomic E-state index is 0.709. The third kappa shape index (κ3) is 0.807. The minimum Gasteiger partial charge on any atom is -0.288 e. The normalized spacial score (nSPS) is 11.1. The van der Waals surface area contributed by atoms with E-state index in [1.54, 1.807) is 18.7 Å². The van der Waals surface area contributed by atoms with Crippen LogP contribution in [0.1, 0.15) is 0 Å². The van der Waals surface area contributed by atoms with Gasteiger partial charge in [-0.1, -0.05) is 0 Å². The first-order chi connectivity index (χ1) is 6.45. The van der Waals surface area contributed by atoms with Crippen LogP contribution in [-0.4, -0.2) is 24.6 Å². The quantitative estimate of drug-likeness (QED) is 0.497. The fourth-order valence-corrected chi connectivity index (χ4v) is 1.32. The topological polar surface area (TPSA) is 56.0 Å². The molecule has 13 heavy (non-hydrogen) atoms. The molecular formula is C8H5N5. The molecule has 0 unspecified atom stereocenters. The molecule has 5 heteroatoms. The Bertz CT molecular complexity index is 529. The molecule has 0 amide bonds. The lowest BCUT2D eigenvalue weighted by Gasteiger charge is -2.01. The third-order valence-corrected chi connectivity index (χ3v) is 1.92. The van der Waals surface area contributed by atoms with Crippen LogP contribution in [0.5, 0.6) is 0 Å². The highest BCUT2D eigenvalue weighted by Gasteiger charge is 2.09. The number of rotatable bonds is 0. The molecule has 2 aliphatic rings. The Labute approximate surface area is 73.4 Å². The Morgan fingerprint density at radius 1 is 1.15 bits per heavy atom. The predicted molar refractivity (Wildman–Crippen MR) is 45.2 cm³/mol. The van der Waals surface area contributed by atoms with E-state index in [0.717, 1.165) is 11.2 Å². The highest BCUT2D eigenvalue weighted by Crippen LogP contribution is 2.19. The fraction of sp³-hybridized carbons (Fsp3) is 0.